The van der Waals surface area contributed by atoms with Gasteiger partial charge in [-0.05, 0) is 42.8 Å². The molecule has 210 valence electrons. The minimum Gasteiger partial charge on any atom is -0.593 e. The van der Waals surface area contributed by atoms with E-state index in [-0.39, 0.29) is 23.4 Å². The number of nitrogen functional groups attached to an aromatic ring is 1. The van der Waals surface area contributed by atoms with Crippen LogP contribution >= 0.6 is 0 Å². The fourth-order valence-electron chi connectivity index (χ4n) is 4.48. The standard InChI is InChI=1S/C28H30F2N6O3S/c1-2-39-23-16-19(20-5-3-6-22(25(20)30)35-40(37)14-4-9-29)15-21-26(23)33-27(18-7-8-24(31)32-17-18)34-28(21)36-10-12-38-13-11-36/h3,5-8,15-17,35H,2,4,9-14H2,1H3,(H2,31,32). The van der Waals surface area contributed by atoms with Gasteiger partial charge in [-0.2, -0.15) is 0 Å². The highest BCUT2D eigenvalue weighted by molar-refractivity contribution is 7.92. The number of alkyl halides is 1. The monoisotopic (exact) mass is 568 g/mol. The van der Waals surface area contributed by atoms with Crippen molar-refractivity contribution in [1.29, 1.82) is 0 Å². The van der Waals surface area contributed by atoms with Crippen molar-refractivity contribution in [1.82, 2.24) is 15.0 Å². The molecule has 1 saturated heterocycles. The lowest BCUT2D eigenvalue weighted by Gasteiger charge is -2.29. The third-order valence-electron chi connectivity index (χ3n) is 6.40. The van der Waals surface area contributed by atoms with Gasteiger partial charge in [-0.3, -0.25) is 4.39 Å². The van der Waals surface area contributed by atoms with E-state index in [0.29, 0.717) is 78.1 Å². The van der Waals surface area contributed by atoms with Gasteiger partial charge in [-0.15, -0.1) is 0 Å². The largest absolute Gasteiger partial charge is 0.593 e. The van der Waals surface area contributed by atoms with Gasteiger partial charge < -0.3 is 24.7 Å². The second-order valence-corrected chi connectivity index (χ2v) is 10.4. The molecule has 0 amide bonds. The zero-order valence-corrected chi connectivity index (χ0v) is 22.8. The molecule has 0 saturated carbocycles. The first kappa shape index (κ1) is 27.8. The van der Waals surface area contributed by atoms with Gasteiger partial charge in [0, 0.05) is 42.2 Å². The van der Waals surface area contributed by atoms with E-state index in [1.54, 1.807) is 30.5 Å². The van der Waals surface area contributed by atoms with Crippen LogP contribution in [0.2, 0.25) is 0 Å². The Balaban J connectivity index is 1.66. The molecule has 3 heterocycles. The van der Waals surface area contributed by atoms with Crippen LogP contribution in [0.4, 0.5) is 26.1 Å². The molecule has 4 aromatic rings. The van der Waals surface area contributed by atoms with Crippen molar-refractivity contribution in [2.45, 2.75) is 13.3 Å². The molecule has 9 nitrogen and oxygen atoms in total. The number of halogens is 2. The number of pyridine rings is 1. The molecule has 0 radical (unpaired) electrons. The number of rotatable bonds is 10. The van der Waals surface area contributed by atoms with Gasteiger partial charge >= 0.3 is 0 Å². The number of anilines is 3. The molecule has 5 rings (SSSR count). The van der Waals surface area contributed by atoms with Crippen molar-refractivity contribution >= 4 is 39.6 Å². The second-order valence-electron chi connectivity index (χ2n) is 9.11. The maximum absolute atomic E-state index is 15.7. The van der Waals surface area contributed by atoms with Crippen LogP contribution in [-0.2, 0) is 16.1 Å². The van der Waals surface area contributed by atoms with Crippen LogP contribution < -0.4 is 20.1 Å². The summed E-state index contributed by atoms with van der Waals surface area (Å²) >= 11 is -1.61. The highest BCUT2D eigenvalue weighted by atomic mass is 32.2. The number of hydrogen-bond donors (Lipinski definition) is 2. The lowest BCUT2D eigenvalue weighted by Crippen LogP contribution is -2.37. The molecule has 1 fully saturated rings. The van der Waals surface area contributed by atoms with E-state index in [0.717, 1.165) is 0 Å². The van der Waals surface area contributed by atoms with Crippen LogP contribution in [0.15, 0.2) is 48.7 Å². The van der Waals surface area contributed by atoms with Crippen LogP contribution in [-0.4, -0.2) is 64.8 Å². The molecule has 0 aliphatic carbocycles. The maximum atomic E-state index is 15.7. The van der Waals surface area contributed by atoms with E-state index in [9.17, 15) is 8.94 Å². The van der Waals surface area contributed by atoms with Crippen LogP contribution in [0.1, 0.15) is 13.3 Å². The van der Waals surface area contributed by atoms with E-state index < -0.39 is 23.9 Å². The molecule has 1 atom stereocenters. The molecule has 3 N–H and O–H groups in total. The minimum absolute atomic E-state index is 0.0728. The number of aromatic nitrogens is 3. The normalized spacial score (nSPS) is 14.3. The van der Waals surface area contributed by atoms with Gasteiger partial charge in [-0.1, -0.05) is 12.1 Å². The van der Waals surface area contributed by atoms with Gasteiger partial charge in [0.1, 0.15) is 34.3 Å². The van der Waals surface area contributed by atoms with Crippen LogP contribution in [0.25, 0.3) is 33.4 Å². The Kier molecular flexibility index (Phi) is 8.78. The quantitative estimate of drug-likeness (QED) is 0.261. The molecular formula is C28H30F2N6O3S. The zero-order valence-electron chi connectivity index (χ0n) is 22.0. The third kappa shape index (κ3) is 6.03. The Morgan fingerprint density at radius 2 is 1.98 bits per heavy atom. The molecule has 12 heteroatoms. The van der Waals surface area contributed by atoms with Crippen molar-refractivity contribution in [3.63, 3.8) is 0 Å². The fraction of sp³-hybridized carbons (Fsp3) is 0.321. The molecule has 1 aliphatic heterocycles. The number of benzene rings is 2. The maximum Gasteiger partial charge on any atom is 0.163 e. The Bertz CT molecular complexity index is 1470. The van der Waals surface area contributed by atoms with Gasteiger partial charge in [0.25, 0.3) is 0 Å². The first-order valence-electron chi connectivity index (χ1n) is 13.0. The summed E-state index contributed by atoms with van der Waals surface area (Å²) in [6.45, 7) is 3.99. The Morgan fingerprint density at radius 3 is 2.70 bits per heavy atom. The summed E-state index contributed by atoms with van der Waals surface area (Å²) in [4.78, 5) is 16.1. The topological polar surface area (TPSA) is 121 Å². The number of morpholine rings is 1. The first-order valence-corrected chi connectivity index (χ1v) is 14.3. The average Bonchev–Trinajstić information content (AvgIpc) is 2.97. The average molecular weight is 569 g/mol. The molecular weight excluding hydrogens is 538 g/mol. The van der Waals surface area contributed by atoms with E-state index in [4.69, 9.17) is 25.2 Å². The lowest BCUT2D eigenvalue weighted by atomic mass is 10.0. The molecule has 2 aromatic carbocycles. The predicted octanol–water partition coefficient (Wildman–Crippen LogP) is 4.75. The molecule has 1 aliphatic rings. The van der Waals surface area contributed by atoms with Crippen LogP contribution in [0, 0.1) is 5.82 Å². The van der Waals surface area contributed by atoms with Crippen molar-refractivity contribution < 1.29 is 22.8 Å². The molecule has 0 spiro atoms. The van der Waals surface area contributed by atoms with E-state index in [2.05, 4.69) is 14.6 Å². The first-order chi connectivity index (χ1) is 19.5. The number of nitrogens with two attached hydrogens (primary N) is 1. The summed E-state index contributed by atoms with van der Waals surface area (Å²) < 4.78 is 54.8. The third-order valence-corrected chi connectivity index (χ3v) is 7.50. The lowest BCUT2D eigenvalue weighted by molar-refractivity contribution is 0.122. The summed E-state index contributed by atoms with van der Waals surface area (Å²) in [6.07, 6.45) is 1.75. The van der Waals surface area contributed by atoms with Gasteiger partial charge in [0.15, 0.2) is 11.6 Å². The minimum atomic E-state index is -1.61. The fourth-order valence-corrected chi connectivity index (χ4v) is 5.36. The second kappa shape index (κ2) is 12.6. The van der Waals surface area contributed by atoms with Crippen molar-refractivity contribution in [3.8, 4) is 28.3 Å². The van der Waals surface area contributed by atoms with E-state index in [1.807, 2.05) is 19.1 Å². The Labute approximate surface area is 234 Å². The predicted molar refractivity (Wildman–Crippen MR) is 154 cm³/mol. The van der Waals surface area contributed by atoms with Crippen molar-refractivity contribution in [2.75, 3.05) is 60.7 Å². The number of ether oxygens (including phenoxy) is 2. The van der Waals surface area contributed by atoms with Crippen LogP contribution in [0.5, 0.6) is 5.75 Å². The summed E-state index contributed by atoms with van der Waals surface area (Å²) in [7, 11) is 0. The summed E-state index contributed by atoms with van der Waals surface area (Å²) in [5.74, 6) is 1.50. The van der Waals surface area contributed by atoms with Crippen molar-refractivity contribution in [2.24, 2.45) is 0 Å². The molecule has 2 aromatic heterocycles. The molecule has 0 bridgehead atoms. The number of nitrogens with one attached hydrogen (secondary N) is 1. The van der Waals surface area contributed by atoms with Gasteiger partial charge in [0.05, 0.1) is 37.9 Å². The van der Waals surface area contributed by atoms with E-state index >= 15 is 4.39 Å². The van der Waals surface area contributed by atoms with Crippen molar-refractivity contribution in [3.05, 3.63) is 54.5 Å². The number of fused-ring (bicyclic) bond motifs is 1. The van der Waals surface area contributed by atoms with E-state index in [1.165, 1.54) is 6.07 Å². The number of nitrogens with zero attached hydrogens (tertiary/aromatic N) is 4. The highest BCUT2D eigenvalue weighted by Gasteiger charge is 2.23. The smallest absolute Gasteiger partial charge is 0.163 e. The van der Waals surface area contributed by atoms with Crippen LogP contribution in [0.3, 0.4) is 0 Å². The summed E-state index contributed by atoms with van der Waals surface area (Å²) in [6, 6.07) is 11.9. The number of hydrogen-bond acceptors (Lipinski definition) is 9. The zero-order chi connectivity index (χ0) is 28.1. The van der Waals surface area contributed by atoms with Gasteiger partial charge in [0.2, 0.25) is 0 Å². The molecule has 1 unspecified atom stereocenters. The summed E-state index contributed by atoms with van der Waals surface area (Å²) in [5.41, 5.74) is 7.97. The van der Waals surface area contributed by atoms with Gasteiger partial charge in [-0.25, -0.2) is 24.1 Å². The highest BCUT2D eigenvalue weighted by Crippen LogP contribution is 2.39. The SMILES string of the molecule is CCOc1cc(-c2cccc(N[S+]([O-])CCCF)c2F)cc2c(N3CCOCC3)nc(-c3ccc(N)nc3)nc12. The Hall–Kier alpha value is -3.74. The Morgan fingerprint density at radius 1 is 1.15 bits per heavy atom. The molecule has 40 heavy (non-hydrogen) atoms. The summed E-state index contributed by atoms with van der Waals surface area (Å²) in [5, 5.41) is 0.694.